The molecule has 7 heteroatoms. The number of aromatic amines is 1. The first kappa shape index (κ1) is 14.0. The number of carboxylic acid groups (broad SMARTS) is 1. The molecule has 0 unspecified atom stereocenters. The number of carboxylic acids is 1. The number of aliphatic carboxylic acids is 1. The van der Waals surface area contributed by atoms with Crippen molar-refractivity contribution in [3.05, 3.63) is 18.2 Å². The largest absolute Gasteiger partial charge is 0.481 e. The van der Waals surface area contributed by atoms with Gasteiger partial charge < -0.3 is 20.1 Å². The van der Waals surface area contributed by atoms with Gasteiger partial charge >= 0.3 is 12.1 Å². The van der Waals surface area contributed by atoms with Crippen molar-refractivity contribution in [2.45, 2.75) is 38.8 Å². The number of hydrogen-bond donors (Lipinski definition) is 3. The minimum atomic E-state index is -1.03. The number of aromatic nitrogens is 2. The molecular formula is C11H17N3O4. The highest BCUT2D eigenvalue weighted by Crippen LogP contribution is 2.14. The maximum atomic E-state index is 11.6. The first-order valence-corrected chi connectivity index (χ1v) is 5.48. The van der Waals surface area contributed by atoms with Gasteiger partial charge in [-0.05, 0) is 20.8 Å². The van der Waals surface area contributed by atoms with Gasteiger partial charge in [0.05, 0.1) is 6.42 Å². The molecule has 1 aromatic rings. The van der Waals surface area contributed by atoms with Gasteiger partial charge in [-0.1, -0.05) is 0 Å². The van der Waals surface area contributed by atoms with E-state index in [0.29, 0.717) is 5.82 Å². The molecule has 1 aromatic heterocycles. The summed E-state index contributed by atoms with van der Waals surface area (Å²) in [6.45, 7) is 5.18. The zero-order valence-electron chi connectivity index (χ0n) is 10.6. The van der Waals surface area contributed by atoms with E-state index < -0.39 is 23.7 Å². The second-order valence-electron chi connectivity index (χ2n) is 4.77. The summed E-state index contributed by atoms with van der Waals surface area (Å²) in [6.07, 6.45) is 2.10. The normalized spacial score (nSPS) is 12.8. The first-order chi connectivity index (χ1) is 8.28. The van der Waals surface area contributed by atoms with Crippen LogP contribution >= 0.6 is 0 Å². The number of alkyl carbamates (subject to hydrolysis) is 1. The molecule has 1 atom stereocenters. The standard InChI is InChI=1S/C11H17N3O4/c1-11(2,3)18-10(17)14-7(6-8(15)16)9-12-4-5-13-9/h4-5,7H,6H2,1-3H3,(H,12,13)(H,14,17)(H,15,16)/t7-/m0/s1. The van der Waals surface area contributed by atoms with Gasteiger partial charge in [0.2, 0.25) is 0 Å². The SMILES string of the molecule is CC(C)(C)OC(=O)N[C@@H](CC(=O)O)c1ncc[nH]1. The summed E-state index contributed by atoms with van der Waals surface area (Å²) in [4.78, 5) is 29.0. The number of nitrogens with zero attached hydrogens (tertiary/aromatic N) is 1. The van der Waals surface area contributed by atoms with Crippen LogP contribution in [0.2, 0.25) is 0 Å². The van der Waals surface area contributed by atoms with Gasteiger partial charge in [-0.15, -0.1) is 0 Å². The lowest BCUT2D eigenvalue weighted by Crippen LogP contribution is -2.36. The van der Waals surface area contributed by atoms with Crippen LogP contribution in [0.4, 0.5) is 4.79 Å². The third kappa shape index (κ3) is 4.86. The molecule has 1 heterocycles. The molecular weight excluding hydrogens is 238 g/mol. The molecule has 0 aliphatic heterocycles. The van der Waals surface area contributed by atoms with Crippen molar-refractivity contribution in [2.24, 2.45) is 0 Å². The van der Waals surface area contributed by atoms with Crippen molar-refractivity contribution in [3.63, 3.8) is 0 Å². The second-order valence-corrected chi connectivity index (χ2v) is 4.77. The van der Waals surface area contributed by atoms with Crippen LogP contribution in [0, 0.1) is 0 Å². The van der Waals surface area contributed by atoms with Gasteiger partial charge in [0.25, 0.3) is 0 Å². The molecule has 0 radical (unpaired) electrons. The summed E-state index contributed by atoms with van der Waals surface area (Å²) in [5.41, 5.74) is -0.638. The van der Waals surface area contributed by atoms with Gasteiger partial charge in [0.15, 0.2) is 0 Å². The number of carbonyl (C=O) groups is 2. The Balaban J connectivity index is 2.68. The minimum absolute atomic E-state index is 0.271. The van der Waals surface area contributed by atoms with E-state index in [0.717, 1.165) is 0 Å². The van der Waals surface area contributed by atoms with Crippen LogP contribution in [-0.2, 0) is 9.53 Å². The zero-order chi connectivity index (χ0) is 13.8. The Kier molecular flexibility index (Phi) is 4.30. The minimum Gasteiger partial charge on any atom is -0.481 e. The van der Waals surface area contributed by atoms with Gasteiger partial charge in [-0.3, -0.25) is 4.79 Å². The van der Waals surface area contributed by atoms with Gasteiger partial charge in [0, 0.05) is 12.4 Å². The van der Waals surface area contributed by atoms with Crippen LogP contribution in [0.5, 0.6) is 0 Å². The highest BCUT2D eigenvalue weighted by Gasteiger charge is 2.23. The summed E-state index contributed by atoms with van der Waals surface area (Å²) >= 11 is 0. The fourth-order valence-corrected chi connectivity index (χ4v) is 1.31. The Morgan fingerprint density at radius 2 is 2.22 bits per heavy atom. The summed E-state index contributed by atoms with van der Waals surface area (Å²) in [6, 6.07) is -0.743. The zero-order valence-corrected chi connectivity index (χ0v) is 10.6. The Bertz CT molecular complexity index is 408. The average Bonchev–Trinajstić information content (AvgIpc) is 2.64. The lowest BCUT2D eigenvalue weighted by atomic mass is 10.2. The third-order valence-electron chi connectivity index (χ3n) is 1.92. The van der Waals surface area contributed by atoms with Crippen LogP contribution in [0.3, 0.4) is 0 Å². The maximum Gasteiger partial charge on any atom is 0.408 e. The van der Waals surface area contributed by atoms with Crippen molar-refractivity contribution >= 4 is 12.1 Å². The predicted molar refractivity (Wildman–Crippen MR) is 63.0 cm³/mol. The van der Waals surface area contributed by atoms with Gasteiger partial charge in [0.1, 0.15) is 17.5 Å². The number of carbonyl (C=O) groups excluding carboxylic acids is 1. The van der Waals surface area contributed by atoms with Crippen LogP contribution in [0.25, 0.3) is 0 Å². The maximum absolute atomic E-state index is 11.6. The number of nitrogens with one attached hydrogen (secondary N) is 2. The van der Waals surface area contributed by atoms with Crippen LogP contribution in [0.1, 0.15) is 39.1 Å². The van der Waals surface area contributed by atoms with E-state index in [1.54, 1.807) is 27.0 Å². The van der Waals surface area contributed by atoms with E-state index in [9.17, 15) is 9.59 Å². The fourth-order valence-electron chi connectivity index (χ4n) is 1.31. The van der Waals surface area contributed by atoms with Crippen molar-refractivity contribution in [1.29, 1.82) is 0 Å². The molecule has 0 fully saturated rings. The topological polar surface area (TPSA) is 104 Å². The average molecular weight is 255 g/mol. The van der Waals surface area contributed by atoms with E-state index in [2.05, 4.69) is 15.3 Å². The molecule has 0 aliphatic carbocycles. The predicted octanol–water partition coefficient (Wildman–Crippen LogP) is 1.45. The van der Waals surface area contributed by atoms with E-state index >= 15 is 0 Å². The third-order valence-corrected chi connectivity index (χ3v) is 1.92. The lowest BCUT2D eigenvalue weighted by molar-refractivity contribution is -0.137. The lowest BCUT2D eigenvalue weighted by Gasteiger charge is -2.22. The Hall–Kier alpha value is -2.05. The molecule has 3 N–H and O–H groups in total. The Morgan fingerprint density at radius 1 is 1.56 bits per heavy atom. The van der Waals surface area contributed by atoms with Gasteiger partial charge in [-0.2, -0.15) is 0 Å². The molecule has 0 aromatic carbocycles. The van der Waals surface area contributed by atoms with Crippen LogP contribution in [-0.4, -0.2) is 32.7 Å². The number of imidazole rings is 1. The molecule has 1 rings (SSSR count). The van der Waals surface area contributed by atoms with Gasteiger partial charge in [-0.25, -0.2) is 9.78 Å². The number of H-pyrrole nitrogens is 1. The highest BCUT2D eigenvalue weighted by atomic mass is 16.6. The van der Waals surface area contributed by atoms with Crippen LogP contribution < -0.4 is 5.32 Å². The summed E-state index contributed by atoms with van der Waals surface area (Å²) in [7, 11) is 0. The van der Waals surface area contributed by atoms with E-state index in [1.807, 2.05) is 0 Å². The van der Waals surface area contributed by atoms with E-state index in [1.165, 1.54) is 6.20 Å². The molecule has 0 saturated carbocycles. The molecule has 0 aliphatic rings. The quantitative estimate of drug-likeness (QED) is 0.755. The fraction of sp³-hybridized carbons (Fsp3) is 0.545. The Morgan fingerprint density at radius 3 is 2.67 bits per heavy atom. The molecule has 100 valence electrons. The molecule has 0 saturated heterocycles. The van der Waals surface area contributed by atoms with Crippen molar-refractivity contribution in [1.82, 2.24) is 15.3 Å². The molecule has 7 nitrogen and oxygen atoms in total. The number of amides is 1. The Labute approximate surface area is 105 Å². The first-order valence-electron chi connectivity index (χ1n) is 5.48. The van der Waals surface area contributed by atoms with Crippen molar-refractivity contribution < 1.29 is 19.4 Å². The molecule has 0 bridgehead atoms. The second kappa shape index (κ2) is 5.52. The van der Waals surface area contributed by atoms with Crippen molar-refractivity contribution in [3.8, 4) is 0 Å². The number of rotatable bonds is 4. The molecule has 0 spiro atoms. The summed E-state index contributed by atoms with van der Waals surface area (Å²) < 4.78 is 5.06. The number of hydrogen-bond acceptors (Lipinski definition) is 4. The van der Waals surface area contributed by atoms with Crippen molar-refractivity contribution in [2.75, 3.05) is 0 Å². The summed E-state index contributed by atoms with van der Waals surface area (Å²) in [5, 5.41) is 11.3. The molecule has 18 heavy (non-hydrogen) atoms. The monoisotopic (exact) mass is 255 g/mol. The molecule has 1 amide bonds. The highest BCUT2D eigenvalue weighted by molar-refractivity contribution is 5.71. The van der Waals surface area contributed by atoms with E-state index in [4.69, 9.17) is 9.84 Å². The number of ether oxygens (including phenoxy) is 1. The smallest absolute Gasteiger partial charge is 0.408 e. The van der Waals surface area contributed by atoms with Crippen LogP contribution in [0.15, 0.2) is 12.4 Å². The van der Waals surface area contributed by atoms with E-state index in [-0.39, 0.29) is 6.42 Å². The summed E-state index contributed by atoms with van der Waals surface area (Å²) in [5.74, 6) is -0.657.